The van der Waals surface area contributed by atoms with E-state index in [4.69, 9.17) is 0 Å². The van der Waals surface area contributed by atoms with Crippen LogP contribution in [0, 0.1) is 6.92 Å². The molecule has 2 aromatic rings. The third-order valence-electron chi connectivity index (χ3n) is 8.64. The number of hydrogen-bond donors (Lipinski definition) is 2. The van der Waals surface area contributed by atoms with Crippen LogP contribution >= 0.6 is 0 Å². The van der Waals surface area contributed by atoms with Crippen molar-refractivity contribution in [3.63, 3.8) is 0 Å². The third kappa shape index (κ3) is 6.53. The van der Waals surface area contributed by atoms with Gasteiger partial charge in [0, 0.05) is 43.8 Å². The Bertz CT molecular complexity index is 1330. The average molecular weight is 588 g/mol. The van der Waals surface area contributed by atoms with E-state index < -0.39 is 23.7 Å². The van der Waals surface area contributed by atoms with Crippen molar-refractivity contribution < 1.29 is 32.7 Å². The van der Waals surface area contributed by atoms with Gasteiger partial charge in [0.2, 0.25) is 0 Å². The lowest BCUT2D eigenvalue weighted by molar-refractivity contribution is -0.137. The zero-order chi connectivity index (χ0) is 30.0. The smallest absolute Gasteiger partial charge is 0.416 e. The van der Waals surface area contributed by atoms with Crippen molar-refractivity contribution in [2.45, 2.75) is 63.7 Å². The molecule has 12 heteroatoms. The number of benzene rings is 1. The molecule has 4 heterocycles. The van der Waals surface area contributed by atoms with Gasteiger partial charge in [-0.2, -0.15) is 13.2 Å². The molecule has 0 aliphatic carbocycles. The van der Waals surface area contributed by atoms with Crippen molar-refractivity contribution in [1.82, 2.24) is 25.0 Å². The largest absolute Gasteiger partial charge is 0.465 e. The maximum Gasteiger partial charge on any atom is 0.416 e. The molecule has 226 valence electrons. The van der Waals surface area contributed by atoms with E-state index in [0.29, 0.717) is 37.5 Å². The Labute approximate surface area is 242 Å². The number of carbonyl (C=O) groups is 3. The van der Waals surface area contributed by atoms with E-state index >= 15 is 0 Å². The molecule has 5 rings (SSSR count). The van der Waals surface area contributed by atoms with Gasteiger partial charge >= 0.3 is 12.3 Å². The van der Waals surface area contributed by atoms with Gasteiger partial charge in [-0.3, -0.25) is 9.59 Å². The number of pyridine rings is 1. The number of piperidine rings is 2. The maximum absolute atomic E-state index is 13.7. The number of aryl methyl sites for hydroxylation is 1. The molecule has 3 amide bonds. The Morgan fingerprint density at radius 1 is 0.905 bits per heavy atom. The van der Waals surface area contributed by atoms with Gasteiger partial charge in [-0.1, -0.05) is 12.1 Å². The van der Waals surface area contributed by atoms with E-state index in [1.807, 2.05) is 0 Å². The average Bonchev–Trinajstić information content (AvgIpc) is 3.52. The molecule has 3 saturated heterocycles. The monoisotopic (exact) mass is 587 g/mol. The minimum Gasteiger partial charge on any atom is -0.465 e. The molecule has 0 bridgehead atoms. The lowest BCUT2D eigenvalue weighted by Crippen LogP contribution is -2.47. The Morgan fingerprint density at radius 3 is 2.17 bits per heavy atom. The SMILES string of the molecule is Cc1cc(-c2cccc(C(F)(F)F)c2)c(C(=O)NC2CCN(C(=O)O)CC2)nc1C(=O)N1CCC(N2CCCC2)CC1. The fourth-order valence-corrected chi connectivity index (χ4v) is 6.25. The van der Waals surface area contributed by atoms with Crippen molar-refractivity contribution >= 4 is 17.9 Å². The summed E-state index contributed by atoms with van der Waals surface area (Å²) >= 11 is 0. The summed E-state index contributed by atoms with van der Waals surface area (Å²) in [5, 5.41) is 12.1. The van der Waals surface area contributed by atoms with Crippen LogP contribution in [0.1, 0.15) is 70.6 Å². The van der Waals surface area contributed by atoms with Crippen LogP contribution in [0.2, 0.25) is 0 Å². The van der Waals surface area contributed by atoms with Crippen LogP contribution < -0.4 is 5.32 Å². The summed E-state index contributed by atoms with van der Waals surface area (Å²) in [6.07, 6.45) is -0.713. The second-order valence-electron chi connectivity index (χ2n) is 11.4. The highest BCUT2D eigenvalue weighted by atomic mass is 19.4. The second kappa shape index (κ2) is 12.3. The topological polar surface area (TPSA) is 106 Å². The van der Waals surface area contributed by atoms with Crippen LogP contribution in [-0.4, -0.2) is 94.1 Å². The first kappa shape index (κ1) is 29.8. The highest BCUT2D eigenvalue weighted by Gasteiger charge is 2.33. The summed E-state index contributed by atoms with van der Waals surface area (Å²) in [5.74, 6) is -0.912. The van der Waals surface area contributed by atoms with Gasteiger partial charge in [0.25, 0.3) is 11.8 Å². The molecule has 0 spiro atoms. The number of nitrogens with one attached hydrogen (secondary N) is 1. The number of likely N-dealkylation sites (tertiary alicyclic amines) is 3. The minimum absolute atomic E-state index is 0.108. The van der Waals surface area contributed by atoms with Crippen molar-refractivity contribution in [3.8, 4) is 11.1 Å². The first-order valence-electron chi connectivity index (χ1n) is 14.5. The third-order valence-corrected chi connectivity index (χ3v) is 8.64. The highest BCUT2D eigenvalue weighted by Crippen LogP contribution is 2.34. The minimum atomic E-state index is -4.57. The van der Waals surface area contributed by atoms with E-state index in [-0.39, 0.29) is 47.6 Å². The number of amides is 3. The number of halogens is 3. The molecular formula is C30H36F3N5O4. The normalized spacial score (nSPS) is 19.2. The first-order chi connectivity index (χ1) is 20.0. The fraction of sp³-hybridized carbons (Fsp3) is 0.533. The quantitative estimate of drug-likeness (QED) is 0.528. The van der Waals surface area contributed by atoms with E-state index in [0.717, 1.165) is 38.1 Å². The lowest BCUT2D eigenvalue weighted by atomic mass is 9.97. The molecule has 0 saturated carbocycles. The Hall–Kier alpha value is -3.67. The van der Waals surface area contributed by atoms with E-state index in [1.165, 1.54) is 29.9 Å². The molecule has 3 aliphatic rings. The molecule has 1 aromatic carbocycles. The molecular weight excluding hydrogens is 551 g/mol. The van der Waals surface area contributed by atoms with Crippen molar-refractivity contribution in [2.75, 3.05) is 39.3 Å². The van der Waals surface area contributed by atoms with E-state index in [2.05, 4.69) is 15.2 Å². The van der Waals surface area contributed by atoms with Crippen molar-refractivity contribution in [1.29, 1.82) is 0 Å². The second-order valence-corrected chi connectivity index (χ2v) is 11.4. The predicted molar refractivity (Wildman–Crippen MR) is 149 cm³/mol. The molecule has 0 atom stereocenters. The summed E-state index contributed by atoms with van der Waals surface area (Å²) in [6, 6.07) is 6.37. The molecule has 42 heavy (non-hydrogen) atoms. The Kier molecular flexibility index (Phi) is 8.72. The number of rotatable bonds is 5. The molecule has 0 unspecified atom stereocenters. The summed E-state index contributed by atoms with van der Waals surface area (Å²) < 4.78 is 40.6. The highest BCUT2D eigenvalue weighted by molar-refractivity contribution is 6.02. The summed E-state index contributed by atoms with van der Waals surface area (Å²) in [7, 11) is 0. The maximum atomic E-state index is 13.7. The van der Waals surface area contributed by atoms with Gasteiger partial charge in [0.05, 0.1) is 5.56 Å². The summed E-state index contributed by atoms with van der Waals surface area (Å²) in [6.45, 7) is 5.49. The van der Waals surface area contributed by atoms with Gasteiger partial charge in [-0.25, -0.2) is 9.78 Å². The number of nitrogens with zero attached hydrogens (tertiary/aromatic N) is 4. The summed E-state index contributed by atoms with van der Waals surface area (Å²) in [5.41, 5.74) is -0.0429. The number of alkyl halides is 3. The first-order valence-corrected chi connectivity index (χ1v) is 14.5. The molecule has 3 aliphatic heterocycles. The standard InChI is InChI=1S/C30H36F3N5O4/c1-19-17-24(20-5-4-6-21(18-20)30(31,32)33)26(27(39)34-22-7-13-38(14-8-22)29(41)42)35-25(19)28(40)37-15-9-23(10-16-37)36-11-2-3-12-36/h4-6,17-18,22-23H,2-3,7-16H2,1H3,(H,34,39)(H,41,42). The van der Waals surface area contributed by atoms with E-state index in [9.17, 15) is 32.7 Å². The number of carboxylic acid groups (broad SMARTS) is 1. The van der Waals surface area contributed by atoms with Gasteiger partial charge in [0.15, 0.2) is 0 Å². The van der Waals surface area contributed by atoms with Gasteiger partial charge < -0.3 is 25.1 Å². The zero-order valence-corrected chi connectivity index (χ0v) is 23.6. The van der Waals surface area contributed by atoms with Crippen LogP contribution in [0.25, 0.3) is 11.1 Å². The van der Waals surface area contributed by atoms with Gasteiger partial charge in [-0.05, 0) is 87.9 Å². The Balaban J connectivity index is 1.42. The zero-order valence-electron chi connectivity index (χ0n) is 23.6. The molecule has 0 radical (unpaired) electrons. The number of hydrogen-bond acceptors (Lipinski definition) is 5. The van der Waals surface area contributed by atoms with Crippen LogP contribution in [0.15, 0.2) is 30.3 Å². The fourth-order valence-electron chi connectivity index (χ4n) is 6.25. The predicted octanol–water partition coefficient (Wildman–Crippen LogP) is 4.65. The molecule has 9 nitrogen and oxygen atoms in total. The van der Waals surface area contributed by atoms with Crippen LogP contribution in [0.3, 0.4) is 0 Å². The van der Waals surface area contributed by atoms with Crippen LogP contribution in [0.4, 0.5) is 18.0 Å². The van der Waals surface area contributed by atoms with Gasteiger partial charge in [0.1, 0.15) is 11.4 Å². The Morgan fingerprint density at radius 2 is 1.55 bits per heavy atom. The van der Waals surface area contributed by atoms with Crippen molar-refractivity contribution in [2.24, 2.45) is 0 Å². The molecule has 1 aromatic heterocycles. The number of carbonyl (C=O) groups excluding carboxylic acids is 2. The van der Waals surface area contributed by atoms with Crippen LogP contribution in [0.5, 0.6) is 0 Å². The summed E-state index contributed by atoms with van der Waals surface area (Å²) in [4.78, 5) is 48.5. The van der Waals surface area contributed by atoms with Crippen molar-refractivity contribution in [3.05, 3.63) is 52.8 Å². The van der Waals surface area contributed by atoms with E-state index in [1.54, 1.807) is 17.9 Å². The molecule has 3 fully saturated rings. The molecule has 2 N–H and O–H groups in total. The lowest BCUT2D eigenvalue weighted by Gasteiger charge is -2.36. The van der Waals surface area contributed by atoms with Gasteiger partial charge in [-0.15, -0.1) is 0 Å². The van der Waals surface area contributed by atoms with Crippen LogP contribution in [-0.2, 0) is 6.18 Å². The number of aromatic nitrogens is 1.